The fraction of sp³-hybridized carbons (Fsp3) is 0.407. The van der Waals surface area contributed by atoms with Gasteiger partial charge in [-0.3, -0.25) is 9.89 Å². The number of hydrogen-bond acceptors (Lipinski definition) is 3. The Balaban J connectivity index is 1.93. The van der Waals surface area contributed by atoms with Crippen molar-refractivity contribution in [1.29, 1.82) is 0 Å². The molecule has 0 bridgehead atoms. The van der Waals surface area contributed by atoms with Gasteiger partial charge in [-0.15, -0.1) is 0 Å². The van der Waals surface area contributed by atoms with Crippen LogP contribution in [0.1, 0.15) is 80.6 Å². The van der Waals surface area contributed by atoms with E-state index in [0.29, 0.717) is 6.42 Å². The maximum atomic E-state index is 12.5. The molecule has 0 spiro atoms. The quantitative estimate of drug-likeness (QED) is 0.315. The van der Waals surface area contributed by atoms with E-state index >= 15 is 0 Å². The predicted octanol–water partition coefficient (Wildman–Crippen LogP) is 6.97. The van der Waals surface area contributed by atoms with Gasteiger partial charge in [0.15, 0.2) is 0 Å². The molecule has 0 aliphatic carbocycles. The van der Waals surface area contributed by atoms with Crippen molar-refractivity contribution in [3.05, 3.63) is 82.7 Å². The van der Waals surface area contributed by atoms with Gasteiger partial charge in [-0.25, -0.2) is 0 Å². The highest BCUT2D eigenvalue weighted by Crippen LogP contribution is 2.26. The molecular formula is C27H36N2O2. The summed E-state index contributed by atoms with van der Waals surface area (Å²) < 4.78 is 5.84. The van der Waals surface area contributed by atoms with Gasteiger partial charge in [0.25, 0.3) is 0 Å². The van der Waals surface area contributed by atoms with Gasteiger partial charge < -0.3 is 4.74 Å². The average Bonchev–Trinajstić information content (AvgIpc) is 3.21. The second-order valence-corrected chi connectivity index (χ2v) is 8.03. The monoisotopic (exact) mass is 420 g/mol. The lowest BCUT2D eigenvalue weighted by Gasteiger charge is -2.19. The highest BCUT2D eigenvalue weighted by Gasteiger charge is 2.17. The SMILES string of the molecule is C=C/C=C(\C(C)=C/C)c1cc(CCCC(=O)OC(CCC)c2ccc(C)c(C)c2)[nH]n1. The highest BCUT2D eigenvalue weighted by atomic mass is 16.5. The molecular weight excluding hydrogens is 384 g/mol. The van der Waals surface area contributed by atoms with Crippen LogP contribution in [0.3, 0.4) is 0 Å². The first-order valence-electron chi connectivity index (χ1n) is 11.2. The van der Waals surface area contributed by atoms with Crippen LogP contribution in [0.25, 0.3) is 5.57 Å². The second kappa shape index (κ2) is 12.1. The Kier molecular flexibility index (Phi) is 9.51. The molecule has 1 heterocycles. The molecule has 0 aliphatic heterocycles. The summed E-state index contributed by atoms with van der Waals surface area (Å²) in [6.07, 6.45) is 9.28. The number of nitrogens with one attached hydrogen (secondary N) is 1. The molecule has 1 aromatic carbocycles. The molecule has 0 fully saturated rings. The Morgan fingerprint density at radius 1 is 1.26 bits per heavy atom. The van der Waals surface area contributed by atoms with Crippen LogP contribution in [0.4, 0.5) is 0 Å². The number of esters is 1. The summed E-state index contributed by atoms with van der Waals surface area (Å²) in [5.41, 5.74) is 7.66. The summed E-state index contributed by atoms with van der Waals surface area (Å²) in [6.45, 7) is 14.2. The summed E-state index contributed by atoms with van der Waals surface area (Å²) in [4.78, 5) is 12.5. The molecule has 4 nitrogen and oxygen atoms in total. The van der Waals surface area contributed by atoms with E-state index < -0.39 is 0 Å². The number of carbonyl (C=O) groups excluding carboxylic acids is 1. The number of rotatable bonds is 11. The van der Waals surface area contributed by atoms with Crippen molar-refractivity contribution in [2.75, 3.05) is 0 Å². The minimum atomic E-state index is -0.175. The number of benzene rings is 1. The zero-order chi connectivity index (χ0) is 22.8. The molecule has 0 radical (unpaired) electrons. The van der Waals surface area contributed by atoms with Crippen LogP contribution >= 0.6 is 0 Å². The van der Waals surface area contributed by atoms with Crippen molar-refractivity contribution in [3.63, 3.8) is 0 Å². The van der Waals surface area contributed by atoms with Crippen LogP contribution in [0.5, 0.6) is 0 Å². The van der Waals surface area contributed by atoms with E-state index in [0.717, 1.165) is 53.8 Å². The van der Waals surface area contributed by atoms with Crippen molar-refractivity contribution in [2.45, 2.75) is 72.8 Å². The van der Waals surface area contributed by atoms with Crippen molar-refractivity contribution in [3.8, 4) is 0 Å². The van der Waals surface area contributed by atoms with E-state index in [-0.39, 0.29) is 12.1 Å². The number of H-pyrrole nitrogens is 1. The number of nitrogens with zero attached hydrogens (tertiary/aromatic N) is 1. The number of allylic oxidation sites excluding steroid dienone is 5. The van der Waals surface area contributed by atoms with Crippen LogP contribution in [-0.4, -0.2) is 16.2 Å². The van der Waals surface area contributed by atoms with Gasteiger partial charge in [-0.05, 0) is 75.3 Å². The van der Waals surface area contributed by atoms with Crippen molar-refractivity contribution >= 4 is 11.5 Å². The van der Waals surface area contributed by atoms with Gasteiger partial charge in [0.05, 0.1) is 5.69 Å². The topological polar surface area (TPSA) is 55.0 Å². The number of aromatic amines is 1. The lowest BCUT2D eigenvalue weighted by Crippen LogP contribution is -2.12. The lowest BCUT2D eigenvalue weighted by molar-refractivity contribution is -0.150. The maximum Gasteiger partial charge on any atom is 0.306 e. The van der Waals surface area contributed by atoms with Gasteiger partial charge in [-0.2, -0.15) is 5.10 Å². The van der Waals surface area contributed by atoms with Gasteiger partial charge in [0, 0.05) is 17.7 Å². The molecule has 4 heteroatoms. The largest absolute Gasteiger partial charge is 0.457 e. The van der Waals surface area contributed by atoms with Crippen molar-refractivity contribution in [2.24, 2.45) is 0 Å². The molecule has 0 amide bonds. The Morgan fingerprint density at radius 2 is 2.03 bits per heavy atom. The summed E-state index contributed by atoms with van der Waals surface area (Å²) in [6, 6.07) is 8.35. The van der Waals surface area contributed by atoms with E-state index in [4.69, 9.17) is 4.74 Å². The fourth-order valence-electron chi connectivity index (χ4n) is 3.48. The Hall–Kier alpha value is -2.88. The number of aryl methyl sites for hydroxylation is 3. The molecule has 166 valence electrons. The van der Waals surface area contributed by atoms with Gasteiger partial charge >= 0.3 is 5.97 Å². The summed E-state index contributed by atoms with van der Waals surface area (Å²) in [5, 5.41) is 7.52. The third kappa shape index (κ3) is 7.09. The maximum absolute atomic E-state index is 12.5. The summed E-state index contributed by atoms with van der Waals surface area (Å²) >= 11 is 0. The van der Waals surface area contributed by atoms with Crippen molar-refractivity contribution < 1.29 is 9.53 Å². The fourth-order valence-corrected chi connectivity index (χ4v) is 3.48. The van der Waals surface area contributed by atoms with Crippen LogP contribution in [0, 0.1) is 13.8 Å². The summed E-state index contributed by atoms with van der Waals surface area (Å²) in [7, 11) is 0. The Bertz CT molecular complexity index is 950. The average molecular weight is 421 g/mol. The van der Waals surface area contributed by atoms with Gasteiger partial charge in [-0.1, -0.05) is 56.4 Å². The zero-order valence-corrected chi connectivity index (χ0v) is 19.6. The van der Waals surface area contributed by atoms with Crippen LogP contribution in [0.2, 0.25) is 0 Å². The summed E-state index contributed by atoms with van der Waals surface area (Å²) in [5.74, 6) is -0.145. The van der Waals surface area contributed by atoms with Crippen LogP contribution in [-0.2, 0) is 16.0 Å². The van der Waals surface area contributed by atoms with Gasteiger partial charge in [0.1, 0.15) is 6.10 Å². The molecule has 1 atom stereocenters. The second-order valence-electron chi connectivity index (χ2n) is 8.03. The number of aromatic nitrogens is 2. The van der Waals surface area contributed by atoms with Crippen LogP contribution < -0.4 is 0 Å². The molecule has 31 heavy (non-hydrogen) atoms. The van der Waals surface area contributed by atoms with E-state index in [1.807, 2.05) is 19.1 Å². The first-order valence-corrected chi connectivity index (χ1v) is 11.2. The number of hydrogen-bond donors (Lipinski definition) is 1. The van der Waals surface area contributed by atoms with E-state index in [9.17, 15) is 4.79 Å². The third-order valence-corrected chi connectivity index (χ3v) is 5.60. The lowest BCUT2D eigenvalue weighted by atomic mass is 10.00. The molecule has 2 aromatic rings. The van der Waals surface area contributed by atoms with Crippen molar-refractivity contribution in [1.82, 2.24) is 10.2 Å². The molecule has 0 aliphatic rings. The van der Waals surface area contributed by atoms with Crippen LogP contribution in [0.15, 0.2) is 54.6 Å². The first kappa shape index (κ1) is 24.4. The molecule has 0 saturated carbocycles. The third-order valence-electron chi connectivity index (χ3n) is 5.60. The smallest absolute Gasteiger partial charge is 0.306 e. The number of carbonyl (C=O) groups is 1. The molecule has 1 unspecified atom stereocenters. The number of ether oxygens (including phenoxy) is 1. The zero-order valence-electron chi connectivity index (χ0n) is 19.6. The molecule has 1 N–H and O–H groups in total. The normalized spacial score (nSPS) is 13.2. The molecule has 0 saturated heterocycles. The van der Waals surface area contributed by atoms with E-state index in [1.54, 1.807) is 6.08 Å². The van der Waals surface area contributed by atoms with E-state index in [2.05, 4.69) is 68.7 Å². The predicted molar refractivity (Wildman–Crippen MR) is 129 cm³/mol. The molecule has 2 rings (SSSR count). The van der Waals surface area contributed by atoms with Gasteiger partial charge in [0.2, 0.25) is 0 Å². The molecule has 1 aromatic heterocycles. The first-order chi connectivity index (χ1) is 14.9. The highest BCUT2D eigenvalue weighted by molar-refractivity contribution is 5.77. The standard InChI is InChI=1S/C27H36N2O2/c1-7-11-24(19(4)9-3)25-18-23(28-29-25)13-10-14-27(30)31-26(12-8-2)22-16-15-20(5)21(6)17-22/h7,9,11,15-18,26H,1,8,10,12-14H2,2-6H3,(H,28,29)/b19-9-,24-11+. The Morgan fingerprint density at radius 3 is 2.68 bits per heavy atom. The minimum Gasteiger partial charge on any atom is -0.457 e. The minimum absolute atomic E-state index is 0.145. The van der Waals surface area contributed by atoms with E-state index in [1.165, 1.54) is 11.1 Å². The Labute approximate surface area is 187 Å².